The van der Waals surface area contributed by atoms with E-state index in [2.05, 4.69) is 15.3 Å². The maximum atomic E-state index is 9.89. The number of fused-ring (bicyclic) bond motifs is 1. The van der Waals surface area contributed by atoms with Gasteiger partial charge in [0.15, 0.2) is 0 Å². The summed E-state index contributed by atoms with van der Waals surface area (Å²) in [4.78, 5) is 0. The lowest BCUT2D eigenvalue weighted by molar-refractivity contribution is 0.479. The van der Waals surface area contributed by atoms with Gasteiger partial charge in [0, 0.05) is 16.1 Å². The van der Waals surface area contributed by atoms with Gasteiger partial charge >= 0.3 is 0 Å². The second-order valence-electron chi connectivity index (χ2n) is 4.59. The van der Waals surface area contributed by atoms with Crippen LogP contribution in [0.15, 0.2) is 54.6 Å². The quantitative estimate of drug-likeness (QED) is 0.733. The van der Waals surface area contributed by atoms with E-state index in [0.717, 1.165) is 16.1 Å². The molecule has 0 aliphatic rings. The Morgan fingerprint density at radius 3 is 2.48 bits per heavy atom. The van der Waals surface area contributed by atoms with Gasteiger partial charge in [-0.05, 0) is 30.3 Å². The van der Waals surface area contributed by atoms with Crippen LogP contribution in [-0.2, 0) is 0 Å². The van der Waals surface area contributed by atoms with Crippen molar-refractivity contribution >= 4 is 25.3 Å². The first-order valence-corrected chi connectivity index (χ1v) is 6.95. The summed E-state index contributed by atoms with van der Waals surface area (Å²) in [5, 5.41) is 21.2. The fourth-order valence-electron chi connectivity index (χ4n) is 2.18. The van der Waals surface area contributed by atoms with Crippen molar-refractivity contribution < 1.29 is 9.84 Å². The summed E-state index contributed by atoms with van der Waals surface area (Å²) in [7, 11) is 2.57. The molecule has 4 heteroatoms. The van der Waals surface area contributed by atoms with Gasteiger partial charge in [-0.1, -0.05) is 24.3 Å². The minimum Gasteiger partial charge on any atom is -0.507 e. The third kappa shape index (κ3) is 2.54. The first-order valence-electron chi connectivity index (χ1n) is 6.37. The highest BCUT2D eigenvalue weighted by Crippen LogP contribution is 2.33. The number of benzene rings is 3. The molecule has 0 heterocycles. The molecule has 3 aromatic rings. The number of nitriles is 1. The topological polar surface area (TPSA) is 53.2 Å². The molecule has 1 atom stereocenters. The Hall–Kier alpha value is -2.56. The van der Waals surface area contributed by atoms with Crippen LogP contribution in [0.1, 0.15) is 5.56 Å². The van der Waals surface area contributed by atoms with Crippen LogP contribution < -0.4 is 10.0 Å². The normalized spacial score (nSPS) is 10.3. The van der Waals surface area contributed by atoms with Crippen LogP contribution in [-0.4, -0.2) is 5.11 Å². The van der Waals surface area contributed by atoms with E-state index in [1.54, 1.807) is 30.3 Å². The molecule has 0 aromatic heterocycles. The van der Waals surface area contributed by atoms with Crippen molar-refractivity contribution in [3.8, 4) is 23.3 Å². The molecule has 0 saturated heterocycles. The highest BCUT2D eigenvalue weighted by atomic mass is 31.0. The summed E-state index contributed by atoms with van der Waals surface area (Å²) < 4.78 is 5.94. The molecule has 0 saturated carbocycles. The standard InChI is InChI=1S/C17H12NO2P/c18-10-11-7-8-16(17(21)9-11)20-15-6-2-3-12-13(15)4-1-5-14(12)19/h1-9,19H,21H2. The van der Waals surface area contributed by atoms with Crippen molar-refractivity contribution in [3.63, 3.8) is 0 Å². The monoisotopic (exact) mass is 293 g/mol. The molecule has 21 heavy (non-hydrogen) atoms. The highest BCUT2D eigenvalue weighted by Gasteiger charge is 2.08. The SMILES string of the molecule is N#Cc1ccc(Oc2cccc3c(O)cccc23)c(P)c1. The Balaban J connectivity index is 2.07. The van der Waals surface area contributed by atoms with Gasteiger partial charge in [0.25, 0.3) is 0 Å². The molecule has 0 amide bonds. The molecule has 3 nitrogen and oxygen atoms in total. The van der Waals surface area contributed by atoms with Crippen molar-refractivity contribution in [1.29, 1.82) is 5.26 Å². The number of nitrogens with zero attached hydrogens (tertiary/aromatic N) is 1. The molecule has 1 unspecified atom stereocenters. The Labute approximate surface area is 124 Å². The van der Waals surface area contributed by atoms with E-state index in [9.17, 15) is 5.11 Å². The van der Waals surface area contributed by atoms with Crippen molar-refractivity contribution in [2.75, 3.05) is 0 Å². The summed E-state index contributed by atoms with van der Waals surface area (Å²) in [6.45, 7) is 0. The molecule has 3 rings (SSSR count). The average molecular weight is 293 g/mol. The number of rotatable bonds is 2. The zero-order valence-corrected chi connectivity index (χ0v) is 12.2. The summed E-state index contributed by atoms with van der Waals surface area (Å²) >= 11 is 0. The molecule has 0 radical (unpaired) electrons. The zero-order chi connectivity index (χ0) is 14.8. The van der Waals surface area contributed by atoms with Gasteiger partial charge in [0.1, 0.15) is 17.2 Å². The van der Waals surface area contributed by atoms with Crippen LogP contribution in [0.3, 0.4) is 0 Å². The number of ether oxygens (including phenoxy) is 1. The minimum atomic E-state index is 0.226. The van der Waals surface area contributed by atoms with E-state index >= 15 is 0 Å². The van der Waals surface area contributed by atoms with E-state index in [-0.39, 0.29) is 5.75 Å². The molecular weight excluding hydrogens is 281 g/mol. The Morgan fingerprint density at radius 1 is 0.952 bits per heavy atom. The molecule has 0 aliphatic heterocycles. The van der Waals surface area contributed by atoms with Gasteiger partial charge in [-0.3, -0.25) is 0 Å². The van der Waals surface area contributed by atoms with Crippen LogP contribution in [0.2, 0.25) is 0 Å². The lowest BCUT2D eigenvalue weighted by Gasteiger charge is -2.11. The fourth-order valence-corrected chi connectivity index (χ4v) is 2.52. The first kappa shape index (κ1) is 13.4. The van der Waals surface area contributed by atoms with Gasteiger partial charge in [-0.15, -0.1) is 9.24 Å². The third-order valence-corrected chi connectivity index (χ3v) is 3.67. The molecule has 0 fully saturated rings. The smallest absolute Gasteiger partial charge is 0.135 e. The maximum Gasteiger partial charge on any atom is 0.135 e. The zero-order valence-electron chi connectivity index (χ0n) is 11.1. The lowest BCUT2D eigenvalue weighted by atomic mass is 10.1. The number of hydrogen-bond donors (Lipinski definition) is 1. The number of phenolic OH excluding ortho intramolecular Hbond substituents is 1. The molecule has 1 N–H and O–H groups in total. The molecule has 0 bridgehead atoms. The molecule has 3 aromatic carbocycles. The first-order chi connectivity index (χ1) is 10.2. The summed E-state index contributed by atoms with van der Waals surface area (Å²) in [6, 6.07) is 18.2. The summed E-state index contributed by atoms with van der Waals surface area (Å²) in [5.74, 6) is 1.55. The Morgan fingerprint density at radius 2 is 1.71 bits per heavy atom. The van der Waals surface area contributed by atoms with Crippen LogP contribution >= 0.6 is 9.24 Å². The minimum absolute atomic E-state index is 0.226. The van der Waals surface area contributed by atoms with Crippen LogP contribution in [0, 0.1) is 11.3 Å². The molecule has 0 spiro atoms. The third-order valence-electron chi connectivity index (χ3n) is 3.22. The molecule has 102 valence electrons. The number of phenols is 1. The fraction of sp³-hybridized carbons (Fsp3) is 0. The van der Waals surface area contributed by atoms with Gasteiger partial charge in [0.2, 0.25) is 0 Å². The predicted molar refractivity (Wildman–Crippen MR) is 86.2 cm³/mol. The van der Waals surface area contributed by atoms with E-state index in [1.165, 1.54) is 0 Å². The van der Waals surface area contributed by atoms with Crippen LogP contribution in [0.4, 0.5) is 0 Å². The van der Waals surface area contributed by atoms with Crippen LogP contribution in [0.5, 0.6) is 17.2 Å². The van der Waals surface area contributed by atoms with E-state index in [0.29, 0.717) is 17.1 Å². The van der Waals surface area contributed by atoms with Gasteiger partial charge < -0.3 is 9.84 Å². The molecule has 0 aliphatic carbocycles. The largest absolute Gasteiger partial charge is 0.507 e. The van der Waals surface area contributed by atoms with Crippen molar-refractivity contribution in [2.45, 2.75) is 0 Å². The average Bonchev–Trinajstić information content (AvgIpc) is 2.50. The second-order valence-corrected chi connectivity index (χ2v) is 5.22. The van der Waals surface area contributed by atoms with Crippen LogP contribution in [0.25, 0.3) is 10.8 Å². The highest BCUT2D eigenvalue weighted by molar-refractivity contribution is 7.27. The van der Waals surface area contributed by atoms with Gasteiger partial charge in [-0.2, -0.15) is 5.26 Å². The van der Waals surface area contributed by atoms with Crippen molar-refractivity contribution in [1.82, 2.24) is 0 Å². The Bertz CT molecular complexity index is 868. The van der Waals surface area contributed by atoms with E-state index in [1.807, 2.05) is 24.3 Å². The van der Waals surface area contributed by atoms with Gasteiger partial charge in [-0.25, -0.2) is 0 Å². The second kappa shape index (κ2) is 5.44. The summed E-state index contributed by atoms with van der Waals surface area (Å²) in [5.41, 5.74) is 0.586. The van der Waals surface area contributed by atoms with E-state index in [4.69, 9.17) is 10.00 Å². The van der Waals surface area contributed by atoms with Crippen molar-refractivity contribution in [2.24, 2.45) is 0 Å². The summed E-state index contributed by atoms with van der Waals surface area (Å²) in [6.07, 6.45) is 0. The Kier molecular flexibility index (Phi) is 3.48. The number of hydrogen-bond acceptors (Lipinski definition) is 3. The van der Waals surface area contributed by atoms with Crippen molar-refractivity contribution in [3.05, 3.63) is 60.2 Å². The lowest BCUT2D eigenvalue weighted by Crippen LogP contribution is -1.99. The predicted octanol–water partition coefficient (Wildman–Crippen LogP) is 3.71. The van der Waals surface area contributed by atoms with Gasteiger partial charge in [0.05, 0.1) is 11.6 Å². The van der Waals surface area contributed by atoms with E-state index < -0.39 is 0 Å². The maximum absolute atomic E-state index is 9.89. The number of aromatic hydroxyl groups is 1. The molecular formula is C17H12NO2P.